The molecule has 0 heterocycles. The quantitative estimate of drug-likeness (QED) is 0.731. The van der Waals surface area contributed by atoms with Crippen LogP contribution >= 0.6 is 0 Å². The fraction of sp³-hybridized carbons (Fsp3) is 0.944. The average molecular weight is 296 g/mol. The first-order valence-corrected chi connectivity index (χ1v) is 8.84. The Bertz CT molecular complexity index is 309. The molecule has 3 nitrogen and oxygen atoms in total. The molecule has 0 aliphatic heterocycles. The van der Waals surface area contributed by atoms with Crippen LogP contribution < -0.4 is 11.1 Å². The third-order valence-corrected chi connectivity index (χ3v) is 5.17. The smallest absolute Gasteiger partial charge is 0.220 e. The molecule has 1 fully saturated rings. The van der Waals surface area contributed by atoms with Gasteiger partial charge >= 0.3 is 0 Å². The van der Waals surface area contributed by atoms with Gasteiger partial charge in [-0.3, -0.25) is 4.79 Å². The van der Waals surface area contributed by atoms with E-state index in [2.05, 4.69) is 33.0 Å². The summed E-state index contributed by atoms with van der Waals surface area (Å²) in [5, 5.41) is 3.29. The molecule has 0 bridgehead atoms. The van der Waals surface area contributed by atoms with Gasteiger partial charge in [0.15, 0.2) is 0 Å². The molecule has 21 heavy (non-hydrogen) atoms. The molecule has 0 aromatic heterocycles. The Balaban J connectivity index is 2.41. The van der Waals surface area contributed by atoms with Crippen LogP contribution in [0.4, 0.5) is 0 Å². The molecule has 0 saturated heterocycles. The second-order valence-electron chi connectivity index (χ2n) is 7.97. The molecule has 1 aliphatic rings. The SMILES string of the molecule is CC1CCCCCC1NC(=O)CCC(CCN)C(C)(C)C. The minimum atomic E-state index is 0.231. The van der Waals surface area contributed by atoms with E-state index in [1.807, 2.05) is 0 Å². The monoisotopic (exact) mass is 296 g/mol. The zero-order valence-electron chi connectivity index (χ0n) is 14.6. The van der Waals surface area contributed by atoms with E-state index in [-0.39, 0.29) is 11.3 Å². The van der Waals surface area contributed by atoms with E-state index in [1.54, 1.807) is 0 Å². The van der Waals surface area contributed by atoms with Crippen LogP contribution in [0.5, 0.6) is 0 Å². The number of carbonyl (C=O) groups excluding carboxylic acids is 1. The zero-order valence-corrected chi connectivity index (χ0v) is 14.6. The Hall–Kier alpha value is -0.570. The van der Waals surface area contributed by atoms with Gasteiger partial charge < -0.3 is 11.1 Å². The molecule has 1 rings (SSSR count). The minimum Gasteiger partial charge on any atom is -0.353 e. The first kappa shape index (κ1) is 18.5. The van der Waals surface area contributed by atoms with E-state index in [1.165, 1.54) is 25.7 Å². The lowest BCUT2D eigenvalue weighted by Gasteiger charge is -2.31. The lowest BCUT2D eigenvalue weighted by molar-refractivity contribution is -0.122. The second kappa shape index (κ2) is 8.77. The highest BCUT2D eigenvalue weighted by Gasteiger charge is 2.26. The molecular formula is C18H36N2O. The topological polar surface area (TPSA) is 55.1 Å². The van der Waals surface area contributed by atoms with Gasteiger partial charge in [-0.05, 0) is 49.5 Å². The van der Waals surface area contributed by atoms with Crippen molar-refractivity contribution in [2.45, 2.75) is 85.1 Å². The minimum absolute atomic E-state index is 0.231. The van der Waals surface area contributed by atoms with Crippen LogP contribution in [-0.2, 0) is 4.79 Å². The summed E-state index contributed by atoms with van der Waals surface area (Å²) in [6, 6.07) is 0.391. The Kier molecular flexibility index (Phi) is 7.72. The molecule has 0 radical (unpaired) electrons. The Morgan fingerprint density at radius 1 is 1.19 bits per heavy atom. The number of hydrogen-bond donors (Lipinski definition) is 2. The molecule has 3 N–H and O–H groups in total. The predicted octanol–water partition coefficient (Wildman–Crippen LogP) is 3.86. The van der Waals surface area contributed by atoms with Crippen LogP contribution in [0.15, 0.2) is 0 Å². The molecule has 3 heteroatoms. The number of rotatable bonds is 6. The van der Waals surface area contributed by atoms with Crippen LogP contribution in [0, 0.1) is 17.3 Å². The van der Waals surface area contributed by atoms with Gasteiger partial charge in [0.25, 0.3) is 0 Å². The molecule has 1 saturated carbocycles. The fourth-order valence-electron chi connectivity index (χ4n) is 3.50. The molecule has 0 spiro atoms. The molecule has 3 unspecified atom stereocenters. The van der Waals surface area contributed by atoms with Crippen LogP contribution in [0.1, 0.15) is 79.1 Å². The van der Waals surface area contributed by atoms with E-state index >= 15 is 0 Å². The number of nitrogens with two attached hydrogens (primary N) is 1. The molecule has 124 valence electrons. The van der Waals surface area contributed by atoms with Crippen LogP contribution in [0.25, 0.3) is 0 Å². The molecule has 0 aromatic carbocycles. The number of hydrogen-bond acceptors (Lipinski definition) is 2. The summed E-state index contributed by atoms with van der Waals surface area (Å²) >= 11 is 0. The highest BCUT2D eigenvalue weighted by Crippen LogP contribution is 2.32. The van der Waals surface area contributed by atoms with Crippen LogP contribution in [0.3, 0.4) is 0 Å². The summed E-state index contributed by atoms with van der Waals surface area (Å²) in [4.78, 5) is 12.3. The predicted molar refractivity (Wildman–Crippen MR) is 90.0 cm³/mol. The van der Waals surface area contributed by atoms with Crippen molar-refractivity contribution < 1.29 is 4.79 Å². The van der Waals surface area contributed by atoms with Gasteiger partial charge in [-0.15, -0.1) is 0 Å². The van der Waals surface area contributed by atoms with Gasteiger partial charge in [0.05, 0.1) is 0 Å². The average Bonchev–Trinajstić information content (AvgIpc) is 2.59. The normalized spacial score (nSPS) is 25.2. The maximum atomic E-state index is 12.3. The maximum absolute atomic E-state index is 12.3. The van der Waals surface area contributed by atoms with E-state index < -0.39 is 0 Å². The van der Waals surface area contributed by atoms with Crippen molar-refractivity contribution in [2.24, 2.45) is 23.0 Å². The third-order valence-electron chi connectivity index (χ3n) is 5.17. The standard InChI is InChI=1S/C18H36N2O/c1-14-8-6-5-7-9-16(14)20-17(21)11-10-15(12-13-19)18(2,3)4/h14-16H,5-13,19H2,1-4H3,(H,20,21). The van der Waals surface area contributed by atoms with E-state index in [9.17, 15) is 4.79 Å². The third kappa shape index (κ3) is 6.82. The van der Waals surface area contributed by atoms with Crippen molar-refractivity contribution in [3.8, 4) is 0 Å². The molecule has 1 amide bonds. The van der Waals surface area contributed by atoms with Crippen molar-refractivity contribution in [2.75, 3.05) is 6.54 Å². The molecule has 3 atom stereocenters. The molecule has 1 aliphatic carbocycles. The molecule has 0 aromatic rings. The summed E-state index contributed by atoms with van der Waals surface area (Å²) in [6.07, 6.45) is 8.90. The number of nitrogens with one attached hydrogen (secondary N) is 1. The highest BCUT2D eigenvalue weighted by atomic mass is 16.1. The van der Waals surface area contributed by atoms with Gasteiger partial charge in [-0.2, -0.15) is 0 Å². The zero-order chi connectivity index (χ0) is 15.9. The maximum Gasteiger partial charge on any atom is 0.220 e. The summed E-state index contributed by atoms with van der Waals surface area (Å²) < 4.78 is 0. The van der Waals surface area contributed by atoms with Gasteiger partial charge in [0.1, 0.15) is 0 Å². The van der Waals surface area contributed by atoms with Crippen LogP contribution in [-0.4, -0.2) is 18.5 Å². The Morgan fingerprint density at radius 2 is 1.86 bits per heavy atom. The van der Waals surface area contributed by atoms with Crippen LogP contribution in [0.2, 0.25) is 0 Å². The lowest BCUT2D eigenvalue weighted by Crippen LogP contribution is -2.39. The second-order valence-corrected chi connectivity index (χ2v) is 7.97. The van der Waals surface area contributed by atoms with Gasteiger partial charge in [0, 0.05) is 12.5 Å². The largest absolute Gasteiger partial charge is 0.353 e. The Labute approximate surface area is 131 Å². The van der Waals surface area contributed by atoms with Crippen molar-refractivity contribution in [3.05, 3.63) is 0 Å². The van der Waals surface area contributed by atoms with Crippen molar-refractivity contribution in [1.29, 1.82) is 0 Å². The van der Waals surface area contributed by atoms with Gasteiger partial charge in [-0.25, -0.2) is 0 Å². The van der Waals surface area contributed by atoms with E-state index in [0.29, 0.717) is 30.8 Å². The first-order valence-electron chi connectivity index (χ1n) is 8.84. The summed E-state index contributed by atoms with van der Waals surface area (Å²) in [5.74, 6) is 1.39. The summed E-state index contributed by atoms with van der Waals surface area (Å²) in [5.41, 5.74) is 5.95. The lowest BCUT2D eigenvalue weighted by atomic mass is 9.76. The van der Waals surface area contributed by atoms with E-state index in [4.69, 9.17) is 5.73 Å². The van der Waals surface area contributed by atoms with Crippen molar-refractivity contribution in [3.63, 3.8) is 0 Å². The van der Waals surface area contributed by atoms with Crippen molar-refractivity contribution >= 4 is 5.91 Å². The fourth-order valence-corrected chi connectivity index (χ4v) is 3.50. The van der Waals surface area contributed by atoms with Gasteiger partial charge in [-0.1, -0.05) is 47.0 Å². The first-order chi connectivity index (χ1) is 9.84. The molecular weight excluding hydrogens is 260 g/mol. The number of amides is 1. The highest BCUT2D eigenvalue weighted by molar-refractivity contribution is 5.76. The Morgan fingerprint density at radius 3 is 2.48 bits per heavy atom. The summed E-state index contributed by atoms with van der Waals surface area (Å²) in [6.45, 7) is 9.74. The van der Waals surface area contributed by atoms with Gasteiger partial charge in [0.2, 0.25) is 5.91 Å². The van der Waals surface area contributed by atoms with E-state index in [0.717, 1.165) is 19.3 Å². The van der Waals surface area contributed by atoms with Crippen molar-refractivity contribution in [1.82, 2.24) is 5.32 Å². The number of carbonyl (C=O) groups is 1. The summed E-state index contributed by atoms with van der Waals surface area (Å²) in [7, 11) is 0.